The van der Waals surface area contributed by atoms with Crippen molar-refractivity contribution in [1.29, 1.82) is 0 Å². The predicted molar refractivity (Wildman–Crippen MR) is 75.8 cm³/mol. The number of rotatable bonds is 6. The maximum absolute atomic E-state index is 11.2. The summed E-state index contributed by atoms with van der Waals surface area (Å²) in [7, 11) is 0. The molecule has 0 atom stereocenters. The molecule has 0 aromatic heterocycles. The maximum Gasteiger partial charge on any atom is 0.321 e. The third-order valence-corrected chi connectivity index (χ3v) is 3.81. The minimum atomic E-state index is -1.75. The van der Waals surface area contributed by atoms with Crippen molar-refractivity contribution in [1.82, 2.24) is 0 Å². The zero-order chi connectivity index (χ0) is 14.5. The molecule has 0 aliphatic rings. The maximum atomic E-state index is 11.2. The van der Waals surface area contributed by atoms with E-state index in [9.17, 15) is 9.59 Å². The average Bonchev–Trinajstić information content (AvgIpc) is 2.36. The van der Waals surface area contributed by atoms with E-state index in [0.717, 1.165) is 10.0 Å². The minimum Gasteiger partial charge on any atom is -0.480 e. The molecule has 0 saturated carbocycles. The Hall–Kier alpha value is -1.62. The fourth-order valence-electron chi connectivity index (χ4n) is 1.71. The molecule has 102 valence electrons. The number of hydrogen-bond acceptors (Lipinski definition) is 2. The van der Waals surface area contributed by atoms with Crippen molar-refractivity contribution in [2.24, 2.45) is 5.41 Å². The zero-order valence-electron chi connectivity index (χ0n) is 10.5. The molecule has 19 heavy (non-hydrogen) atoms. The van der Waals surface area contributed by atoms with Gasteiger partial charge in [0, 0.05) is 4.47 Å². The van der Waals surface area contributed by atoms with Gasteiger partial charge in [-0.25, -0.2) is 0 Å². The van der Waals surface area contributed by atoms with Crippen LogP contribution in [-0.4, -0.2) is 22.2 Å². The van der Waals surface area contributed by atoms with Gasteiger partial charge in [0.2, 0.25) is 0 Å². The van der Waals surface area contributed by atoms with Gasteiger partial charge < -0.3 is 10.2 Å². The van der Waals surface area contributed by atoms with Crippen molar-refractivity contribution in [2.45, 2.75) is 19.8 Å². The Bertz CT molecular complexity index is 494. The minimum absolute atomic E-state index is 0.0396. The number of benzene rings is 1. The lowest BCUT2D eigenvalue weighted by atomic mass is 9.81. The van der Waals surface area contributed by atoms with Gasteiger partial charge in [0.25, 0.3) is 0 Å². The zero-order valence-corrected chi connectivity index (χ0v) is 12.1. The Balaban J connectivity index is 2.92. The van der Waals surface area contributed by atoms with Gasteiger partial charge >= 0.3 is 11.9 Å². The Morgan fingerprint density at radius 3 is 2.32 bits per heavy atom. The molecule has 1 aromatic carbocycles. The number of aliphatic carboxylic acids is 2. The van der Waals surface area contributed by atoms with Gasteiger partial charge in [0.15, 0.2) is 5.41 Å². The number of carbonyl (C=O) groups is 2. The first kappa shape index (κ1) is 15.4. The molecule has 1 aromatic rings. The smallest absolute Gasteiger partial charge is 0.321 e. The molecule has 0 unspecified atom stereocenters. The molecule has 0 spiro atoms. The molecule has 0 aliphatic carbocycles. The number of hydrogen-bond donors (Lipinski definition) is 2. The van der Waals surface area contributed by atoms with E-state index in [4.69, 9.17) is 10.2 Å². The summed E-state index contributed by atoms with van der Waals surface area (Å²) in [6.07, 6.45) is 3.31. The van der Waals surface area contributed by atoms with Gasteiger partial charge in [-0.1, -0.05) is 53.2 Å². The summed E-state index contributed by atoms with van der Waals surface area (Å²) in [4.78, 5) is 22.4. The molecule has 0 heterocycles. The van der Waals surface area contributed by atoms with Gasteiger partial charge in [-0.05, 0) is 24.5 Å². The summed E-state index contributed by atoms with van der Waals surface area (Å²) in [5, 5.41) is 18.2. The third-order valence-electron chi connectivity index (χ3n) is 3.09. The molecule has 0 radical (unpaired) electrons. The number of carboxylic acids is 2. The van der Waals surface area contributed by atoms with Gasteiger partial charge in [-0.3, -0.25) is 9.59 Å². The number of carboxylic acid groups (broad SMARTS) is 2. The summed E-state index contributed by atoms with van der Waals surface area (Å²) in [5.41, 5.74) is -0.874. The first-order valence-electron chi connectivity index (χ1n) is 5.82. The highest BCUT2D eigenvalue weighted by Crippen LogP contribution is 2.29. The van der Waals surface area contributed by atoms with Crippen molar-refractivity contribution in [2.75, 3.05) is 0 Å². The Labute approximate surface area is 119 Å². The monoisotopic (exact) mass is 326 g/mol. The van der Waals surface area contributed by atoms with Crippen LogP contribution in [-0.2, 0) is 9.59 Å². The van der Waals surface area contributed by atoms with E-state index in [1.807, 2.05) is 24.3 Å². The lowest BCUT2D eigenvalue weighted by Crippen LogP contribution is -2.38. The van der Waals surface area contributed by atoms with E-state index < -0.39 is 17.4 Å². The molecule has 4 nitrogen and oxygen atoms in total. The van der Waals surface area contributed by atoms with Gasteiger partial charge in [-0.15, -0.1) is 0 Å². The van der Waals surface area contributed by atoms with Crippen LogP contribution in [0.25, 0.3) is 6.08 Å². The molecular formula is C14H15BrO4. The second-order valence-corrected chi connectivity index (χ2v) is 5.03. The Kier molecular flexibility index (Phi) is 5.30. The van der Waals surface area contributed by atoms with E-state index in [1.165, 1.54) is 0 Å². The van der Waals surface area contributed by atoms with Crippen LogP contribution < -0.4 is 0 Å². The van der Waals surface area contributed by atoms with Crippen molar-refractivity contribution in [3.8, 4) is 0 Å². The normalized spacial score (nSPS) is 11.7. The predicted octanol–water partition coefficient (Wildman–Crippen LogP) is 3.42. The van der Waals surface area contributed by atoms with Crippen LogP contribution in [0.4, 0.5) is 0 Å². The average molecular weight is 327 g/mol. The Morgan fingerprint density at radius 2 is 1.84 bits per heavy atom. The third kappa shape index (κ3) is 3.44. The van der Waals surface area contributed by atoms with Crippen LogP contribution in [0.2, 0.25) is 0 Å². The van der Waals surface area contributed by atoms with Gasteiger partial charge in [0.1, 0.15) is 0 Å². The van der Waals surface area contributed by atoms with Crippen LogP contribution in [0, 0.1) is 5.41 Å². The SMILES string of the molecule is CCC(CC=Cc1ccccc1Br)(C(=O)O)C(=O)O. The summed E-state index contributed by atoms with van der Waals surface area (Å²) in [6.45, 7) is 1.56. The van der Waals surface area contributed by atoms with Crippen molar-refractivity contribution >= 4 is 33.9 Å². The lowest BCUT2D eigenvalue weighted by Gasteiger charge is -2.21. The molecule has 2 N–H and O–H groups in total. The van der Waals surface area contributed by atoms with Gasteiger partial charge in [-0.2, -0.15) is 0 Å². The first-order valence-corrected chi connectivity index (χ1v) is 6.61. The van der Waals surface area contributed by atoms with E-state index in [-0.39, 0.29) is 12.8 Å². The molecule has 0 bridgehead atoms. The summed E-state index contributed by atoms with van der Waals surface area (Å²) in [6, 6.07) is 7.44. The summed E-state index contributed by atoms with van der Waals surface area (Å²) >= 11 is 3.37. The van der Waals surface area contributed by atoms with Crippen molar-refractivity contribution in [3.05, 3.63) is 40.4 Å². The van der Waals surface area contributed by atoms with E-state index >= 15 is 0 Å². The highest BCUT2D eigenvalue weighted by atomic mass is 79.9. The fourth-order valence-corrected chi connectivity index (χ4v) is 2.13. The van der Waals surface area contributed by atoms with Crippen molar-refractivity contribution < 1.29 is 19.8 Å². The molecule has 1 rings (SSSR count). The van der Waals surface area contributed by atoms with Crippen LogP contribution in [0.3, 0.4) is 0 Å². The topological polar surface area (TPSA) is 74.6 Å². The summed E-state index contributed by atoms with van der Waals surface area (Å²) in [5.74, 6) is -2.61. The standard InChI is InChI=1S/C14H15BrO4/c1-2-14(12(16)17,13(18)19)9-5-7-10-6-3-4-8-11(10)15/h3-8H,2,9H2,1H3,(H,16,17)(H,18,19). The van der Waals surface area contributed by atoms with E-state index in [0.29, 0.717) is 0 Å². The highest BCUT2D eigenvalue weighted by molar-refractivity contribution is 9.10. The molecule has 5 heteroatoms. The molecule has 0 aliphatic heterocycles. The lowest BCUT2D eigenvalue weighted by molar-refractivity contribution is -0.164. The fraction of sp³-hybridized carbons (Fsp3) is 0.286. The van der Waals surface area contributed by atoms with Crippen LogP contribution in [0.15, 0.2) is 34.8 Å². The van der Waals surface area contributed by atoms with Gasteiger partial charge in [0.05, 0.1) is 0 Å². The first-order chi connectivity index (χ1) is 8.94. The van der Waals surface area contributed by atoms with Crippen molar-refractivity contribution in [3.63, 3.8) is 0 Å². The quantitative estimate of drug-likeness (QED) is 0.785. The second kappa shape index (κ2) is 6.52. The van der Waals surface area contributed by atoms with Crippen LogP contribution >= 0.6 is 15.9 Å². The molecule has 0 amide bonds. The van der Waals surface area contributed by atoms with E-state index in [1.54, 1.807) is 19.1 Å². The number of halogens is 1. The molecular weight excluding hydrogens is 312 g/mol. The molecule has 0 saturated heterocycles. The van der Waals surface area contributed by atoms with Crippen LogP contribution in [0.1, 0.15) is 25.3 Å². The molecule has 0 fully saturated rings. The van der Waals surface area contributed by atoms with Crippen LogP contribution in [0.5, 0.6) is 0 Å². The number of allylic oxidation sites excluding steroid dienone is 1. The largest absolute Gasteiger partial charge is 0.480 e. The van der Waals surface area contributed by atoms with E-state index in [2.05, 4.69) is 15.9 Å². The second-order valence-electron chi connectivity index (χ2n) is 4.17. The highest BCUT2D eigenvalue weighted by Gasteiger charge is 2.43. The summed E-state index contributed by atoms with van der Waals surface area (Å²) < 4.78 is 0.874. The Morgan fingerprint density at radius 1 is 1.26 bits per heavy atom.